The van der Waals surface area contributed by atoms with Crippen molar-refractivity contribution < 1.29 is 17.9 Å². The lowest BCUT2D eigenvalue weighted by Crippen LogP contribution is -2.36. The Labute approximate surface area is 100 Å². The van der Waals surface area contributed by atoms with Gasteiger partial charge in [-0.3, -0.25) is 4.74 Å². The largest absolute Gasteiger partial charge is 0.522 e. The molecule has 102 valence electrons. The highest BCUT2D eigenvalue weighted by Crippen LogP contribution is 2.21. The summed E-state index contributed by atoms with van der Waals surface area (Å²) in [4.78, 5) is 2.28. The lowest BCUT2D eigenvalue weighted by Gasteiger charge is -2.23. The highest BCUT2D eigenvalue weighted by atomic mass is 19.4. The van der Waals surface area contributed by atoms with E-state index in [2.05, 4.69) is 22.0 Å². The molecular weight excluding hydrogens is 233 g/mol. The summed E-state index contributed by atoms with van der Waals surface area (Å²) in [6.07, 6.45) is 0.563. The molecule has 0 aromatic heterocycles. The summed E-state index contributed by atoms with van der Waals surface area (Å²) in [6, 6.07) is 0.656. The molecule has 17 heavy (non-hydrogen) atoms. The van der Waals surface area contributed by atoms with Gasteiger partial charge in [-0.2, -0.15) is 0 Å². The summed E-state index contributed by atoms with van der Waals surface area (Å²) < 4.78 is 38.6. The zero-order valence-electron chi connectivity index (χ0n) is 10.2. The van der Waals surface area contributed by atoms with Crippen molar-refractivity contribution in [2.24, 2.45) is 0 Å². The van der Waals surface area contributed by atoms with E-state index in [9.17, 15) is 13.2 Å². The fraction of sp³-hybridized carbons (Fsp3) is 1.00. The number of hydrogen-bond acceptors (Lipinski definition) is 3. The number of hydrogen-bond donors (Lipinski definition) is 1. The monoisotopic (exact) mass is 254 g/mol. The van der Waals surface area contributed by atoms with Crippen LogP contribution in [-0.2, 0) is 4.74 Å². The summed E-state index contributed by atoms with van der Waals surface area (Å²) in [6.45, 7) is 1.49. The molecule has 1 saturated carbocycles. The minimum atomic E-state index is -4.51. The lowest BCUT2D eigenvalue weighted by molar-refractivity contribution is -0.323. The normalized spacial score (nSPS) is 18.2. The molecule has 1 rings (SSSR count). The molecule has 0 amide bonds. The van der Waals surface area contributed by atoms with Crippen LogP contribution in [0.1, 0.15) is 25.7 Å². The molecule has 0 saturated heterocycles. The van der Waals surface area contributed by atoms with Gasteiger partial charge in [0.05, 0.1) is 6.61 Å². The van der Waals surface area contributed by atoms with Crippen LogP contribution in [0.15, 0.2) is 0 Å². The first-order chi connectivity index (χ1) is 7.99. The van der Waals surface area contributed by atoms with Crippen molar-refractivity contribution in [3.05, 3.63) is 0 Å². The van der Waals surface area contributed by atoms with Crippen LogP contribution in [0.5, 0.6) is 0 Å². The van der Waals surface area contributed by atoms with Gasteiger partial charge < -0.3 is 10.2 Å². The summed E-state index contributed by atoms with van der Waals surface area (Å²) >= 11 is 0. The van der Waals surface area contributed by atoms with Crippen LogP contribution in [0.25, 0.3) is 0 Å². The zero-order chi connectivity index (χ0) is 12.7. The summed E-state index contributed by atoms with van der Waals surface area (Å²) in [5, 5.41) is 2.95. The Kier molecular flexibility index (Phi) is 6.22. The Morgan fingerprint density at radius 1 is 1.24 bits per heavy atom. The smallest absolute Gasteiger partial charge is 0.313 e. The van der Waals surface area contributed by atoms with Crippen LogP contribution in [-0.4, -0.2) is 50.6 Å². The van der Waals surface area contributed by atoms with Crippen LogP contribution in [0.4, 0.5) is 13.2 Å². The minimum absolute atomic E-state index is 0.234. The van der Waals surface area contributed by atoms with E-state index >= 15 is 0 Å². The summed E-state index contributed by atoms with van der Waals surface area (Å²) in [5.74, 6) is 0. The Morgan fingerprint density at radius 2 is 1.88 bits per heavy atom. The van der Waals surface area contributed by atoms with Crippen molar-refractivity contribution in [2.45, 2.75) is 38.1 Å². The maximum Gasteiger partial charge on any atom is 0.522 e. The molecule has 0 unspecified atom stereocenters. The Bertz CT molecular complexity index is 205. The van der Waals surface area contributed by atoms with Gasteiger partial charge in [-0.05, 0) is 19.9 Å². The number of likely N-dealkylation sites (N-methyl/N-ethyl adjacent to an activating group) is 1. The number of halogens is 3. The van der Waals surface area contributed by atoms with E-state index in [0.29, 0.717) is 12.6 Å². The van der Waals surface area contributed by atoms with Crippen molar-refractivity contribution in [3.8, 4) is 0 Å². The van der Waals surface area contributed by atoms with Crippen molar-refractivity contribution in [1.29, 1.82) is 0 Å². The average molecular weight is 254 g/mol. The fourth-order valence-corrected chi connectivity index (χ4v) is 2.15. The van der Waals surface area contributed by atoms with E-state index in [0.717, 1.165) is 6.54 Å². The molecular formula is C11H21F3N2O. The molecule has 6 heteroatoms. The first-order valence-electron chi connectivity index (χ1n) is 6.10. The van der Waals surface area contributed by atoms with Crippen LogP contribution >= 0.6 is 0 Å². The van der Waals surface area contributed by atoms with Gasteiger partial charge in [0, 0.05) is 25.7 Å². The molecule has 0 heterocycles. The third-order valence-electron chi connectivity index (χ3n) is 3.13. The number of rotatable bonds is 7. The summed E-state index contributed by atoms with van der Waals surface area (Å²) in [5.41, 5.74) is 0. The van der Waals surface area contributed by atoms with E-state index in [1.807, 2.05) is 0 Å². The highest BCUT2D eigenvalue weighted by molar-refractivity contribution is 4.75. The molecule has 3 nitrogen and oxygen atoms in total. The molecule has 0 aromatic rings. The van der Waals surface area contributed by atoms with E-state index < -0.39 is 6.36 Å². The average Bonchev–Trinajstić information content (AvgIpc) is 2.74. The van der Waals surface area contributed by atoms with Crippen LogP contribution in [0.2, 0.25) is 0 Å². The van der Waals surface area contributed by atoms with Gasteiger partial charge in [0.1, 0.15) is 0 Å². The number of nitrogens with zero attached hydrogens (tertiary/aromatic N) is 1. The molecule has 0 atom stereocenters. The van der Waals surface area contributed by atoms with Crippen LogP contribution < -0.4 is 5.32 Å². The Balaban J connectivity index is 1.93. The number of alkyl halides is 3. The van der Waals surface area contributed by atoms with Gasteiger partial charge in [0.2, 0.25) is 0 Å². The van der Waals surface area contributed by atoms with Gasteiger partial charge in [-0.25, -0.2) is 0 Å². The molecule has 0 bridgehead atoms. The van der Waals surface area contributed by atoms with Gasteiger partial charge in [0.25, 0.3) is 0 Å². The maximum absolute atomic E-state index is 11.6. The minimum Gasteiger partial charge on any atom is -0.313 e. The number of ether oxygens (including phenoxy) is 1. The second kappa shape index (κ2) is 7.18. The predicted molar refractivity (Wildman–Crippen MR) is 59.8 cm³/mol. The SMILES string of the molecule is CN(CCNCCOC(F)(F)F)C1CCCC1. The van der Waals surface area contributed by atoms with Crippen LogP contribution in [0.3, 0.4) is 0 Å². The fourth-order valence-electron chi connectivity index (χ4n) is 2.15. The molecule has 0 aromatic carbocycles. The second-order valence-corrected chi connectivity index (χ2v) is 4.46. The molecule has 1 aliphatic carbocycles. The van der Waals surface area contributed by atoms with Crippen molar-refractivity contribution in [2.75, 3.05) is 33.3 Å². The van der Waals surface area contributed by atoms with Gasteiger partial charge in [0.15, 0.2) is 0 Å². The zero-order valence-corrected chi connectivity index (χ0v) is 10.2. The third-order valence-corrected chi connectivity index (χ3v) is 3.13. The van der Waals surface area contributed by atoms with Crippen molar-refractivity contribution in [1.82, 2.24) is 10.2 Å². The first-order valence-corrected chi connectivity index (χ1v) is 6.10. The van der Waals surface area contributed by atoms with Gasteiger partial charge >= 0.3 is 6.36 Å². The molecule has 1 fully saturated rings. The molecule has 0 aliphatic heterocycles. The summed E-state index contributed by atoms with van der Waals surface area (Å²) in [7, 11) is 2.07. The maximum atomic E-state index is 11.6. The molecule has 1 N–H and O–H groups in total. The highest BCUT2D eigenvalue weighted by Gasteiger charge is 2.28. The van der Waals surface area contributed by atoms with E-state index in [1.54, 1.807) is 0 Å². The predicted octanol–water partition coefficient (Wildman–Crippen LogP) is 1.99. The molecule has 0 spiro atoms. The standard InChI is InChI=1S/C11H21F3N2O/c1-16(10-4-2-3-5-10)8-6-15-7-9-17-11(12,13)14/h10,15H,2-9H2,1H3. The van der Waals surface area contributed by atoms with Crippen molar-refractivity contribution >= 4 is 0 Å². The number of nitrogens with one attached hydrogen (secondary N) is 1. The third kappa shape index (κ3) is 6.85. The molecule has 0 radical (unpaired) electrons. The first kappa shape index (κ1) is 14.7. The van der Waals surface area contributed by atoms with Gasteiger partial charge in [-0.1, -0.05) is 12.8 Å². The van der Waals surface area contributed by atoms with E-state index in [4.69, 9.17) is 0 Å². The Morgan fingerprint density at radius 3 is 2.47 bits per heavy atom. The van der Waals surface area contributed by atoms with E-state index in [-0.39, 0.29) is 13.2 Å². The van der Waals surface area contributed by atoms with Gasteiger partial charge in [-0.15, -0.1) is 13.2 Å². The second-order valence-electron chi connectivity index (χ2n) is 4.46. The topological polar surface area (TPSA) is 24.5 Å². The van der Waals surface area contributed by atoms with E-state index in [1.165, 1.54) is 25.7 Å². The quantitative estimate of drug-likeness (QED) is 0.703. The molecule has 1 aliphatic rings. The Hall–Kier alpha value is -0.330. The lowest BCUT2D eigenvalue weighted by atomic mass is 10.2. The van der Waals surface area contributed by atoms with Crippen LogP contribution in [0, 0.1) is 0 Å². The van der Waals surface area contributed by atoms with Crippen molar-refractivity contribution in [3.63, 3.8) is 0 Å².